The van der Waals surface area contributed by atoms with Crippen LogP contribution in [0.25, 0.3) is 0 Å². The Labute approximate surface area is 202 Å². The molecule has 0 saturated heterocycles. The van der Waals surface area contributed by atoms with E-state index in [1.54, 1.807) is 5.57 Å². The molecule has 6 heteroatoms. The highest BCUT2D eigenvalue weighted by atomic mass is 33.1. The molecule has 3 saturated carbocycles. The molecule has 4 nitrogen and oxygen atoms in total. The van der Waals surface area contributed by atoms with E-state index in [9.17, 15) is 4.79 Å². The highest BCUT2D eigenvalue weighted by Crippen LogP contribution is 2.74. The van der Waals surface area contributed by atoms with E-state index < -0.39 is 0 Å². The van der Waals surface area contributed by atoms with Crippen LogP contribution in [0, 0.1) is 22.7 Å². The Hall–Kier alpha value is -0.620. The largest absolute Gasteiger partial charge is 0.370 e. The van der Waals surface area contributed by atoms with Crippen molar-refractivity contribution in [1.82, 2.24) is 0 Å². The summed E-state index contributed by atoms with van der Waals surface area (Å²) in [7, 11) is 4.18. The van der Waals surface area contributed by atoms with Crippen molar-refractivity contribution >= 4 is 33.3 Å². The van der Waals surface area contributed by atoms with E-state index in [0.717, 1.165) is 31.6 Å². The van der Waals surface area contributed by atoms with E-state index in [1.807, 2.05) is 0 Å². The summed E-state index contributed by atoms with van der Waals surface area (Å²) in [4.78, 5) is 18.2. The van der Waals surface area contributed by atoms with Gasteiger partial charge in [-0.15, -0.1) is 0 Å². The van der Waals surface area contributed by atoms with Crippen LogP contribution in [-0.2, 0) is 4.79 Å². The molecule has 1 aliphatic heterocycles. The lowest BCUT2D eigenvalue weighted by molar-refractivity contribution is -0.120. The van der Waals surface area contributed by atoms with Gasteiger partial charge in [0.25, 0.3) is 0 Å². The third-order valence-corrected chi connectivity index (χ3v) is 13.6. The number of nitrogens with zero attached hydrogens (tertiary/aromatic N) is 1. The van der Waals surface area contributed by atoms with Gasteiger partial charge >= 0.3 is 0 Å². The van der Waals surface area contributed by atoms with Gasteiger partial charge in [0.05, 0.1) is 6.04 Å². The van der Waals surface area contributed by atoms with Crippen LogP contribution in [0.5, 0.6) is 0 Å². The fourth-order valence-corrected chi connectivity index (χ4v) is 12.2. The molecule has 1 heterocycles. The summed E-state index contributed by atoms with van der Waals surface area (Å²) in [6.45, 7) is 5.00. The molecule has 0 radical (unpaired) electrons. The smallest absolute Gasteiger partial charge is 0.186 e. The minimum absolute atomic E-state index is 0.142. The highest BCUT2D eigenvalue weighted by molar-refractivity contribution is 8.77. The van der Waals surface area contributed by atoms with E-state index in [4.69, 9.17) is 16.5 Å². The predicted octanol–water partition coefficient (Wildman–Crippen LogP) is 6.00. The van der Waals surface area contributed by atoms with Gasteiger partial charge in [-0.25, -0.2) is 4.99 Å². The van der Waals surface area contributed by atoms with Gasteiger partial charge in [0, 0.05) is 22.3 Å². The number of allylic oxidation sites excluding steroid dienone is 2. The van der Waals surface area contributed by atoms with Crippen LogP contribution < -0.4 is 11.5 Å². The Morgan fingerprint density at radius 2 is 1.84 bits per heavy atom. The maximum atomic E-state index is 13.4. The topological polar surface area (TPSA) is 81.5 Å². The Morgan fingerprint density at radius 1 is 1.06 bits per heavy atom. The highest BCUT2D eigenvalue weighted by Gasteiger charge is 2.67. The van der Waals surface area contributed by atoms with E-state index in [-0.39, 0.29) is 27.6 Å². The quantitative estimate of drug-likeness (QED) is 0.276. The standard InChI is InChI=1S/C26H41N3OS2/c1-17-9-10-18-15-20-19-7-6-8-22(29-23(27)28)25(11-4-3-5-12-25)32-31-14-13-24(18,2)26(17,20)16-21(19)30/h17-18,22H,3-16H2,1-2H3,(H4,27,28,29)/t17-,18-,22+,24+,26+/m1/s1. The van der Waals surface area contributed by atoms with Crippen LogP contribution in [0.2, 0.25) is 0 Å². The molecule has 5 bridgehead atoms. The number of guanidine groups is 1. The zero-order valence-electron chi connectivity index (χ0n) is 20.0. The lowest BCUT2D eigenvalue weighted by Crippen LogP contribution is -2.47. The Morgan fingerprint density at radius 3 is 2.59 bits per heavy atom. The summed E-state index contributed by atoms with van der Waals surface area (Å²) < 4.78 is 0.142. The molecule has 4 aliphatic carbocycles. The van der Waals surface area contributed by atoms with Crippen LogP contribution >= 0.6 is 21.6 Å². The minimum Gasteiger partial charge on any atom is -0.370 e. The molecule has 0 aromatic rings. The predicted molar refractivity (Wildman–Crippen MR) is 138 cm³/mol. The van der Waals surface area contributed by atoms with Crippen molar-refractivity contribution in [3.05, 3.63) is 11.1 Å². The second-order valence-corrected chi connectivity index (χ2v) is 14.4. The molecular formula is C26H41N3OS2. The lowest BCUT2D eigenvalue weighted by atomic mass is 9.51. The van der Waals surface area contributed by atoms with E-state index in [0.29, 0.717) is 11.7 Å². The third-order valence-electron chi connectivity index (χ3n) is 10.3. The van der Waals surface area contributed by atoms with Crippen LogP contribution in [0.4, 0.5) is 0 Å². The Kier molecular flexibility index (Phi) is 6.18. The fraction of sp³-hybridized carbons (Fsp3) is 0.846. The summed E-state index contributed by atoms with van der Waals surface area (Å²) >= 11 is 0. The van der Waals surface area contributed by atoms with Gasteiger partial charge in [0.15, 0.2) is 11.7 Å². The molecule has 0 aromatic carbocycles. The number of carbonyl (C=O) groups excluding carboxylic acids is 1. The van der Waals surface area contributed by atoms with Crippen molar-refractivity contribution < 1.29 is 4.79 Å². The molecule has 5 aliphatic rings. The number of hydrogen-bond acceptors (Lipinski definition) is 4. The molecule has 0 aromatic heterocycles. The molecule has 3 fully saturated rings. The summed E-state index contributed by atoms with van der Waals surface area (Å²) in [6.07, 6.45) is 15.1. The lowest BCUT2D eigenvalue weighted by Gasteiger charge is -2.53. The number of rotatable bonds is 1. The van der Waals surface area contributed by atoms with Gasteiger partial charge < -0.3 is 11.5 Å². The monoisotopic (exact) mass is 475 g/mol. The second-order valence-electron chi connectivity index (χ2n) is 11.6. The summed E-state index contributed by atoms with van der Waals surface area (Å²) in [6, 6.07) is 0.160. The molecular weight excluding hydrogens is 434 g/mol. The minimum atomic E-state index is 0.142. The van der Waals surface area contributed by atoms with Crippen molar-refractivity contribution in [3.8, 4) is 0 Å². The molecule has 178 valence electrons. The number of Topliss-reactive ketones (excluding diaryl/α,β-unsaturated/α-hetero) is 1. The first-order chi connectivity index (χ1) is 15.3. The van der Waals surface area contributed by atoms with Gasteiger partial charge in [-0.05, 0) is 80.6 Å². The zero-order valence-corrected chi connectivity index (χ0v) is 21.6. The average Bonchev–Trinajstić information content (AvgIpc) is 3.10. The van der Waals surface area contributed by atoms with Crippen molar-refractivity contribution in [1.29, 1.82) is 0 Å². The average molecular weight is 476 g/mol. The molecule has 5 rings (SSSR count). The van der Waals surface area contributed by atoms with E-state index >= 15 is 0 Å². The SMILES string of the molecule is C[C@@H]1CC[C@@H]2CC3=C4CCC[C@H](N=C(N)N)C5(CCCCC5)SSCC[C@]2(C)[C@]31CC4=O. The van der Waals surface area contributed by atoms with Crippen LogP contribution in [0.15, 0.2) is 16.1 Å². The van der Waals surface area contributed by atoms with Gasteiger partial charge in [-0.1, -0.05) is 60.3 Å². The molecule has 4 N–H and O–H groups in total. The van der Waals surface area contributed by atoms with Gasteiger partial charge in [-0.3, -0.25) is 4.79 Å². The van der Waals surface area contributed by atoms with E-state index in [2.05, 4.69) is 35.4 Å². The Balaban J connectivity index is 1.51. The number of ketones is 1. The first-order valence-corrected chi connectivity index (χ1v) is 15.3. The van der Waals surface area contributed by atoms with Crippen molar-refractivity contribution in [3.63, 3.8) is 0 Å². The number of carbonyl (C=O) groups is 1. The summed E-state index contributed by atoms with van der Waals surface area (Å²) in [5.41, 5.74) is 15.1. The second kappa shape index (κ2) is 8.55. The number of aliphatic imine (C=N–C) groups is 1. The first kappa shape index (κ1) is 23.1. The number of hydrogen-bond donors (Lipinski definition) is 2. The maximum Gasteiger partial charge on any atom is 0.186 e. The Bertz CT molecular complexity index is 829. The van der Waals surface area contributed by atoms with Gasteiger partial charge in [0.1, 0.15) is 0 Å². The van der Waals surface area contributed by atoms with Crippen molar-refractivity contribution in [2.75, 3.05) is 5.75 Å². The molecule has 0 unspecified atom stereocenters. The first-order valence-electron chi connectivity index (χ1n) is 13.0. The van der Waals surface area contributed by atoms with Crippen LogP contribution in [0.1, 0.15) is 97.3 Å². The molecule has 32 heavy (non-hydrogen) atoms. The van der Waals surface area contributed by atoms with E-state index in [1.165, 1.54) is 69.1 Å². The van der Waals surface area contributed by atoms with Gasteiger partial charge in [0.2, 0.25) is 0 Å². The van der Waals surface area contributed by atoms with Crippen molar-refractivity contribution in [2.24, 2.45) is 39.1 Å². The summed E-state index contributed by atoms with van der Waals surface area (Å²) in [5, 5.41) is 0. The maximum absolute atomic E-state index is 13.4. The third kappa shape index (κ3) is 3.40. The summed E-state index contributed by atoms with van der Waals surface area (Å²) in [5.74, 6) is 3.25. The molecule has 5 atom stereocenters. The fourth-order valence-electron chi connectivity index (χ4n) is 8.59. The zero-order chi connectivity index (χ0) is 22.6. The number of nitrogens with two attached hydrogens (primary N) is 2. The molecule has 0 amide bonds. The molecule has 2 spiro atoms. The van der Waals surface area contributed by atoms with Crippen LogP contribution in [0.3, 0.4) is 0 Å². The normalized spacial score (nSPS) is 41.7. The van der Waals surface area contributed by atoms with Crippen LogP contribution in [-0.4, -0.2) is 28.3 Å². The van der Waals surface area contributed by atoms with Crippen molar-refractivity contribution in [2.45, 2.75) is 108 Å². The van der Waals surface area contributed by atoms with Gasteiger partial charge in [-0.2, -0.15) is 0 Å².